The van der Waals surface area contributed by atoms with Gasteiger partial charge in [-0.05, 0) is 46.6 Å². The molecule has 2 aromatic heterocycles. The van der Waals surface area contributed by atoms with Gasteiger partial charge in [-0.25, -0.2) is 13.8 Å². The van der Waals surface area contributed by atoms with Gasteiger partial charge in [-0.1, -0.05) is 12.1 Å². The number of nitriles is 1. The van der Waals surface area contributed by atoms with Crippen molar-refractivity contribution in [2.45, 2.75) is 17.9 Å². The van der Waals surface area contributed by atoms with Crippen molar-refractivity contribution in [1.29, 1.82) is 5.26 Å². The molecule has 4 rings (SSSR count). The summed E-state index contributed by atoms with van der Waals surface area (Å²) in [5.41, 5.74) is 9.91. The molecule has 0 saturated heterocycles. The second kappa shape index (κ2) is 8.90. The number of rotatable bonds is 5. The lowest BCUT2D eigenvalue weighted by molar-refractivity contribution is 0.557. The quantitative estimate of drug-likeness (QED) is 0.342. The molecule has 0 saturated carbocycles. The van der Waals surface area contributed by atoms with Crippen molar-refractivity contribution in [3.8, 4) is 11.8 Å². The number of fused-ring (bicyclic) bond motifs is 1. The fraction of sp³-hybridized carbons (Fsp3) is 0.130. The van der Waals surface area contributed by atoms with E-state index >= 15 is 0 Å². The minimum Gasteiger partial charge on any atom is -0.382 e. The van der Waals surface area contributed by atoms with E-state index in [4.69, 9.17) is 11.5 Å². The van der Waals surface area contributed by atoms with E-state index in [9.17, 15) is 23.0 Å². The van der Waals surface area contributed by atoms with E-state index < -0.39 is 38.4 Å². The summed E-state index contributed by atoms with van der Waals surface area (Å²) in [5.74, 6) is 1.01. The van der Waals surface area contributed by atoms with Crippen molar-refractivity contribution in [2.24, 2.45) is 0 Å². The standard InChI is InChI=1S/C23H20F2N8O2S/c1-11(29-20-12(10-26)19(27)31-23(28)32-20)21-30-15-8-5-9-16(36(2,3)35)17(15)22(34)33(21)18-13(24)6-4-7-14(18)25/h4-9,11H,2H2,1,3H3,(H5,27,28,29,31,32). The Labute approximate surface area is 204 Å². The highest BCUT2D eigenvalue weighted by Crippen LogP contribution is 2.28. The number of hydrogen-bond acceptors (Lipinski definition) is 9. The highest BCUT2D eigenvalue weighted by Gasteiger charge is 2.25. The van der Waals surface area contributed by atoms with E-state index in [1.54, 1.807) is 6.07 Å². The SMILES string of the molecule is C=S(C)(=O)c1cccc2nc(C(C)Nc3nc(N)nc(N)c3C#N)n(-c3c(F)cccc3F)c(=O)c12. The van der Waals surface area contributed by atoms with Gasteiger partial charge in [-0.3, -0.25) is 13.6 Å². The number of para-hydroxylation sites is 1. The van der Waals surface area contributed by atoms with Crippen molar-refractivity contribution in [1.82, 2.24) is 19.5 Å². The Kier molecular flexibility index (Phi) is 6.07. The first-order chi connectivity index (χ1) is 16.9. The van der Waals surface area contributed by atoms with Crippen LogP contribution in [0, 0.1) is 23.0 Å². The average molecular weight is 511 g/mol. The number of anilines is 3. The molecule has 0 aliphatic heterocycles. The lowest BCUT2D eigenvalue weighted by Crippen LogP contribution is -2.30. The van der Waals surface area contributed by atoms with Gasteiger partial charge in [0, 0.05) is 11.2 Å². The predicted octanol–water partition coefficient (Wildman–Crippen LogP) is 2.37. The minimum atomic E-state index is -2.91. The van der Waals surface area contributed by atoms with E-state index in [1.165, 1.54) is 25.3 Å². The molecule has 2 atom stereocenters. The molecule has 0 radical (unpaired) electrons. The van der Waals surface area contributed by atoms with Gasteiger partial charge in [0.1, 0.15) is 40.6 Å². The van der Waals surface area contributed by atoms with Crippen LogP contribution in [0.5, 0.6) is 0 Å². The fourth-order valence-electron chi connectivity index (χ4n) is 3.77. The molecule has 0 amide bonds. The molecule has 0 spiro atoms. The Morgan fingerprint density at radius 3 is 2.39 bits per heavy atom. The van der Waals surface area contributed by atoms with Crippen molar-refractivity contribution in [3.63, 3.8) is 0 Å². The highest BCUT2D eigenvalue weighted by atomic mass is 32.2. The topological polar surface area (TPSA) is 166 Å². The summed E-state index contributed by atoms with van der Waals surface area (Å²) in [4.78, 5) is 26.1. The Balaban J connectivity index is 2.07. The van der Waals surface area contributed by atoms with E-state index in [-0.39, 0.29) is 44.8 Å². The Bertz CT molecular complexity index is 1730. The first-order valence-corrected chi connectivity index (χ1v) is 12.5. The van der Waals surface area contributed by atoms with Gasteiger partial charge in [0.15, 0.2) is 5.82 Å². The zero-order valence-corrected chi connectivity index (χ0v) is 19.9. The van der Waals surface area contributed by atoms with Gasteiger partial charge < -0.3 is 16.8 Å². The van der Waals surface area contributed by atoms with Gasteiger partial charge in [-0.15, -0.1) is 0 Å². The molecule has 2 heterocycles. The number of nitrogens with two attached hydrogens (primary N) is 2. The maximum atomic E-state index is 14.9. The Morgan fingerprint density at radius 1 is 1.14 bits per heavy atom. The average Bonchev–Trinajstić information content (AvgIpc) is 2.78. The summed E-state index contributed by atoms with van der Waals surface area (Å²) < 4.78 is 43.4. The fourth-order valence-corrected chi connectivity index (χ4v) is 4.76. The summed E-state index contributed by atoms with van der Waals surface area (Å²) in [6.45, 7) is 1.53. The number of aromatic nitrogens is 4. The second-order valence-electron chi connectivity index (χ2n) is 8.00. The summed E-state index contributed by atoms with van der Waals surface area (Å²) in [6.07, 6.45) is 1.35. The lowest BCUT2D eigenvalue weighted by atomic mass is 10.2. The van der Waals surface area contributed by atoms with Crippen LogP contribution in [0.2, 0.25) is 0 Å². The van der Waals surface area contributed by atoms with Crippen molar-refractivity contribution in [3.05, 3.63) is 69.8 Å². The molecule has 2 aromatic carbocycles. The molecule has 184 valence electrons. The number of halogens is 2. The Hall–Kier alpha value is -4.57. The molecule has 5 N–H and O–H groups in total. The molecular weight excluding hydrogens is 490 g/mol. The normalized spacial score (nSPS) is 13.6. The van der Waals surface area contributed by atoms with E-state index in [1.807, 2.05) is 6.07 Å². The Morgan fingerprint density at radius 2 is 1.78 bits per heavy atom. The minimum absolute atomic E-state index is 0.0620. The van der Waals surface area contributed by atoms with Crippen LogP contribution in [0.15, 0.2) is 46.1 Å². The number of nitrogens with zero attached hydrogens (tertiary/aromatic N) is 5. The molecule has 10 nitrogen and oxygen atoms in total. The third kappa shape index (κ3) is 4.18. The van der Waals surface area contributed by atoms with Crippen LogP contribution >= 0.6 is 0 Å². The third-order valence-electron chi connectivity index (χ3n) is 5.32. The largest absolute Gasteiger partial charge is 0.382 e. The zero-order valence-electron chi connectivity index (χ0n) is 19.1. The van der Waals surface area contributed by atoms with Gasteiger partial charge in [0.2, 0.25) is 5.95 Å². The lowest BCUT2D eigenvalue weighted by Gasteiger charge is -2.22. The number of hydrogen-bond donors (Lipinski definition) is 3. The molecule has 36 heavy (non-hydrogen) atoms. The molecule has 4 aromatic rings. The summed E-state index contributed by atoms with van der Waals surface area (Å²) in [7, 11) is -2.91. The van der Waals surface area contributed by atoms with Crippen molar-refractivity contribution < 1.29 is 13.0 Å². The van der Waals surface area contributed by atoms with E-state index in [0.717, 1.165) is 22.8 Å². The number of nitrogens with one attached hydrogen (secondary N) is 1. The van der Waals surface area contributed by atoms with Gasteiger partial charge in [0.25, 0.3) is 5.56 Å². The summed E-state index contributed by atoms with van der Waals surface area (Å²) in [5, 5.41) is 12.3. The van der Waals surface area contributed by atoms with Gasteiger partial charge in [0.05, 0.1) is 16.9 Å². The van der Waals surface area contributed by atoms with Crippen LogP contribution in [0.4, 0.5) is 26.4 Å². The van der Waals surface area contributed by atoms with Gasteiger partial charge in [-0.2, -0.15) is 15.2 Å². The highest BCUT2D eigenvalue weighted by molar-refractivity contribution is 7.99. The molecule has 0 fully saturated rings. The molecule has 13 heteroatoms. The number of benzene rings is 2. The molecule has 2 unspecified atom stereocenters. The number of nitrogen functional groups attached to an aromatic ring is 2. The second-order valence-corrected chi connectivity index (χ2v) is 10.5. The van der Waals surface area contributed by atoms with Gasteiger partial charge >= 0.3 is 0 Å². The maximum Gasteiger partial charge on any atom is 0.267 e. The first-order valence-electron chi connectivity index (χ1n) is 10.4. The van der Waals surface area contributed by atoms with Crippen LogP contribution in [-0.4, -0.2) is 35.9 Å². The predicted molar refractivity (Wildman–Crippen MR) is 134 cm³/mol. The molecular formula is C23H20F2N8O2S. The summed E-state index contributed by atoms with van der Waals surface area (Å²) >= 11 is 0. The van der Waals surface area contributed by atoms with Crippen LogP contribution in [0.3, 0.4) is 0 Å². The van der Waals surface area contributed by atoms with E-state index in [2.05, 4.69) is 26.1 Å². The van der Waals surface area contributed by atoms with Crippen LogP contribution in [0.25, 0.3) is 16.6 Å². The monoisotopic (exact) mass is 510 g/mol. The van der Waals surface area contributed by atoms with Crippen molar-refractivity contribution in [2.75, 3.05) is 23.0 Å². The first kappa shape index (κ1) is 24.6. The zero-order chi connectivity index (χ0) is 26.4. The van der Waals surface area contributed by atoms with Crippen LogP contribution in [-0.2, 0) is 9.52 Å². The van der Waals surface area contributed by atoms with Crippen LogP contribution < -0.4 is 22.3 Å². The smallest absolute Gasteiger partial charge is 0.267 e. The summed E-state index contributed by atoms with van der Waals surface area (Å²) in [6, 6.07) is 8.55. The van der Waals surface area contributed by atoms with Crippen molar-refractivity contribution >= 4 is 43.9 Å². The third-order valence-corrected chi connectivity index (χ3v) is 6.59. The molecule has 0 aliphatic carbocycles. The van der Waals surface area contributed by atoms with E-state index in [0.29, 0.717) is 0 Å². The molecule has 0 aliphatic rings. The maximum absolute atomic E-state index is 14.9. The van der Waals surface area contributed by atoms with Crippen LogP contribution in [0.1, 0.15) is 24.4 Å². The molecule has 0 bridgehead atoms.